The molecule has 0 unspecified atom stereocenters. The van der Waals surface area contributed by atoms with E-state index in [4.69, 9.17) is 11.6 Å². The van der Waals surface area contributed by atoms with Gasteiger partial charge in [0.15, 0.2) is 0 Å². The van der Waals surface area contributed by atoms with Crippen molar-refractivity contribution in [1.29, 1.82) is 0 Å². The lowest BCUT2D eigenvalue weighted by atomic mass is 10.2. The van der Waals surface area contributed by atoms with E-state index >= 15 is 0 Å². The van der Waals surface area contributed by atoms with Crippen LogP contribution in [0.3, 0.4) is 0 Å². The number of thiol groups is 1. The lowest BCUT2D eigenvalue weighted by Gasteiger charge is -2.32. The summed E-state index contributed by atoms with van der Waals surface area (Å²) < 4.78 is 0.366. The number of quaternary nitrogens is 1. The standard InChI is InChI=1S/C12H16ClNOS/c1-3-14(4-2,12(15)16)9-10-5-7-11(13)8-6-10/h5-8H,3-4,9H2,1-2H3/p+1. The fourth-order valence-corrected chi connectivity index (χ4v) is 2.20. The predicted octanol–water partition coefficient (Wildman–Crippen LogP) is 3.75. The first-order chi connectivity index (χ1) is 7.54. The Hall–Kier alpha value is -0.510. The number of halogens is 1. The molecule has 0 heterocycles. The second-order valence-electron chi connectivity index (χ2n) is 3.84. The molecular formula is C12H17ClNOS+. The molecule has 88 valence electrons. The van der Waals surface area contributed by atoms with Crippen LogP contribution in [0.4, 0.5) is 4.79 Å². The molecule has 4 heteroatoms. The van der Waals surface area contributed by atoms with Gasteiger partial charge in [0.2, 0.25) is 0 Å². The van der Waals surface area contributed by atoms with E-state index in [-0.39, 0.29) is 5.24 Å². The molecule has 0 aliphatic heterocycles. The lowest BCUT2D eigenvalue weighted by Crippen LogP contribution is -2.48. The van der Waals surface area contributed by atoms with Crippen LogP contribution in [0.25, 0.3) is 0 Å². The van der Waals surface area contributed by atoms with Crippen molar-refractivity contribution in [1.82, 2.24) is 0 Å². The summed E-state index contributed by atoms with van der Waals surface area (Å²) in [5, 5.41) is 0.631. The predicted molar refractivity (Wildman–Crippen MR) is 70.9 cm³/mol. The Morgan fingerprint density at radius 1 is 1.25 bits per heavy atom. The largest absolute Gasteiger partial charge is 0.372 e. The average Bonchev–Trinajstić information content (AvgIpc) is 2.28. The summed E-state index contributed by atoms with van der Waals surface area (Å²) in [6.45, 7) is 6.19. The molecular weight excluding hydrogens is 242 g/mol. The van der Waals surface area contributed by atoms with Crippen molar-refractivity contribution < 1.29 is 9.28 Å². The molecule has 0 saturated heterocycles. The van der Waals surface area contributed by atoms with Crippen molar-refractivity contribution in [3.05, 3.63) is 34.9 Å². The maximum Gasteiger partial charge on any atom is 0.372 e. The van der Waals surface area contributed by atoms with Crippen LogP contribution in [0.2, 0.25) is 5.02 Å². The number of benzene rings is 1. The molecule has 0 radical (unpaired) electrons. The summed E-state index contributed by atoms with van der Waals surface area (Å²) in [5.41, 5.74) is 1.11. The van der Waals surface area contributed by atoms with E-state index in [0.29, 0.717) is 16.1 Å². The molecule has 0 N–H and O–H groups in total. The molecule has 0 spiro atoms. The van der Waals surface area contributed by atoms with Gasteiger partial charge in [-0.3, -0.25) is 0 Å². The smallest absolute Gasteiger partial charge is 0.247 e. The Bertz CT molecular complexity index is 360. The molecule has 0 fully saturated rings. The number of carbonyl (C=O) groups is 1. The SMILES string of the molecule is CC[N+](CC)(Cc1ccc(Cl)cc1)C(=O)S. The second kappa shape index (κ2) is 5.71. The molecule has 2 nitrogen and oxygen atoms in total. The fraction of sp³-hybridized carbons (Fsp3) is 0.417. The molecule has 1 amide bonds. The van der Waals surface area contributed by atoms with E-state index in [1.807, 2.05) is 38.1 Å². The minimum atomic E-state index is -0.0834. The molecule has 1 aromatic rings. The number of rotatable bonds is 4. The summed E-state index contributed by atoms with van der Waals surface area (Å²) in [6.07, 6.45) is 0. The van der Waals surface area contributed by atoms with Gasteiger partial charge in [-0.25, -0.2) is 9.28 Å². The number of amides is 1. The Labute approximate surface area is 107 Å². The summed E-state index contributed by atoms with van der Waals surface area (Å²) in [7, 11) is 0. The molecule has 0 bridgehead atoms. The van der Waals surface area contributed by atoms with Gasteiger partial charge in [-0.05, 0) is 38.6 Å². The summed E-state index contributed by atoms with van der Waals surface area (Å²) in [5.74, 6) is 0. The third-order valence-corrected chi connectivity index (χ3v) is 3.69. The van der Waals surface area contributed by atoms with Gasteiger partial charge in [-0.15, -0.1) is 0 Å². The van der Waals surface area contributed by atoms with Gasteiger partial charge < -0.3 is 0 Å². The molecule has 0 aliphatic carbocycles. The first-order valence-corrected chi connectivity index (χ1v) is 6.20. The highest BCUT2D eigenvalue weighted by molar-refractivity contribution is 7.96. The number of carbonyl (C=O) groups excluding carboxylic acids is 1. The average molecular weight is 259 g/mol. The first-order valence-electron chi connectivity index (χ1n) is 5.38. The zero-order valence-electron chi connectivity index (χ0n) is 9.61. The highest BCUT2D eigenvalue weighted by Gasteiger charge is 2.30. The van der Waals surface area contributed by atoms with Gasteiger partial charge in [0.1, 0.15) is 6.54 Å². The molecule has 16 heavy (non-hydrogen) atoms. The van der Waals surface area contributed by atoms with Crippen LogP contribution in [0.5, 0.6) is 0 Å². The normalized spacial score (nSPS) is 11.5. The van der Waals surface area contributed by atoms with E-state index in [1.54, 1.807) is 0 Å². The van der Waals surface area contributed by atoms with Crippen molar-refractivity contribution in [2.75, 3.05) is 13.1 Å². The van der Waals surface area contributed by atoms with Gasteiger partial charge in [-0.2, -0.15) is 0 Å². The van der Waals surface area contributed by atoms with Crippen LogP contribution in [0, 0.1) is 0 Å². The topological polar surface area (TPSA) is 17.1 Å². The number of nitrogens with zero attached hydrogens (tertiary/aromatic N) is 1. The lowest BCUT2D eigenvalue weighted by molar-refractivity contribution is -0.853. The van der Waals surface area contributed by atoms with E-state index in [9.17, 15) is 4.79 Å². The minimum absolute atomic E-state index is 0.0834. The molecule has 0 atom stereocenters. The van der Waals surface area contributed by atoms with E-state index in [0.717, 1.165) is 18.7 Å². The molecule has 1 aromatic carbocycles. The van der Waals surface area contributed by atoms with Gasteiger partial charge in [0.25, 0.3) is 0 Å². The first kappa shape index (κ1) is 13.6. The minimum Gasteiger partial charge on any atom is -0.247 e. The summed E-state index contributed by atoms with van der Waals surface area (Å²) >= 11 is 9.82. The zero-order chi connectivity index (χ0) is 12.2. The second-order valence-corrected chi connectivity index (χ2v) is 4.66. The highest BCUT2D eigenvalue weighted by Crippen LogP contribution is 2.19. The van der Waals surface area contributed by atoms with Gasteiger partial charge in [0.05, 0.1) is 13.1 Å². The summed E-state index contributed by atoms with van der Waals surface area (Å²) in [6, 6.07) is 7.61. The van der Waals surface area contributed by atoms with E-state index < -0.39 is 0 Å². The fourth-order valence-electron chi connectivity index (χ4n) is 1.72. The van der Waals surface area contributed by atoms with Crippen LogP contribution in [0.1, 0.15) is 19.4 Å². The number of hydrogen-bond acceptors (Lipinski definition) is 1. The Morgan fingerprint density at radius 2 is 1.75 bits per heavy atom. The Balaban J connectivity index is 2.91. The monoisotopic (exact) mass is 258 g/mol. The number of hydrogen-bond donors (Lipinski definition) is 1. The van der Waals surface area contributed by atoms with E-state index in [2.05, 4.69) is 12.6 Å². The van der Waals surface area contributed by atoms with Crippen molar-refractivity contribution in [3.63, 3.8) is 0 Å². The van der Waals surface area contributed by atoms with Gasteiger partial charge in [-0.1, -0.05) is 23.7 Å². The van der Waals surface area contributed by atoms with Crippen LogP contribution < -0.4 is 0 Å². The molecule has 0 aliphatic rings. The summed E-state index contributed by atoms with van der Waals surface area (Å²) in [4.78, 5) is 11.6. The maximum absolute atomic E-state index is 11.6. The van der Waals surface area contributed by atoms with Crippen LogP contribution in [0.15, 0.2) is 24.3 Å². The van der Waals surface area contributed by atoms with Crippen LogP contribution >= 0.6 is 24.2 Å². The van der Waals surface area contributed by atoms with Crippen LogP contribution in [-0.2, 0) is 6.54 Å². The van der Waals surface area contributed by atoms with Crippen LogP contribution in [-0.4, -0.2) is 22.8 Å². The zero-order valence-corrected chi connectivity index (χ0v) is 11.3. The quantitative estimate of drug-likeness (QED) is 0.643. The maximum atomic E-state index is 11.6. The van der Waals surface area contributed by atoms with Gasteiger partial charge in [0, 0.05) is 10.6 Å². The van der Waals surface area contributed by atoms with Crippen molar-refractivity contribution in [2.24, 2.45) is 0 Å². The molecule has 1 rings (SSSR count). The van der Waals surface area contributed by atoms with Crippen molar-refractivity contribution >= 4 is 29.5 Å². The third kappa shape index (κ3) is 3.00. The van der Waals surface area contributed by atoms with Crippen molar-refractivity contribution in [2.45, 2.75) is 20.4 Å². The van der Waals surface area contributed by atoms with Gasteiger partial charge >= 0.3 is 5.24 Å². The Morgan fingerprint density at radius 3 is 2.12 bits per heavy atom. The molecule has 0 aromatic heterocycles. The van der Waals surface area contributed by atoms with E-state index in [1.165, 1.54) is 0 Å². The Kier molecular flexibility index (Phi) is 4.84. The highest BCUT2D eigenvalue weighted by atomic mass is 35.5. The molecule has 0 saturated carbocycles. The third-order valence-electron chi connectivity index (χ3n) is 3.01. The van der Waals surface area contributed by atoms with Crippen molar-refractivity contribution in [3.8, 4) is 0 Å².